The van der Waals surface area contributed by atoms with Crippen LogP contribution in [0.15, 0.2) is 42.0 Å². The zero-order valence-electron chi connectivity index (χ0n) is 10.2. The lowest BCUT2D eigenvalue weighted by atomic mass is 9.95. The highest BCUT2D eigenvalue weighted by atomic mass is 16.7. The van der Waals surface area contributed by atoms with Crippen LogP contribution in [0.4, 0.5) is 0 Å². The number of allylic oxidation sites excluding steroid dienone is 3. The molecule has 0 atom stereocenters. The molecule has 3 rings (SSSR count). The summed E-state index contributed by atoms with van der Waals surface area (Å²) in [7, 11) is 3.43. The van der Waals surface area contributed by atoms with Crippen LogP contribution < -0.4 is 0 Å². The Balaban J connectivity index is 2.28. The molecule has 0 bridgehead atoms. The van der Waals surface area contributed by atoms with Crippen molar-refractivity contribution < 1.29 is 9.47 Å². The molecule has 0 saturated heterocycles. The van der Waals surface area contributed by atoms with Crippen LogP contribution >= 0.6 is 0 Å². The minimum Gasteiger partial charge on any atom is -0.346 e. The Bertz CT molecular complexity index is 507. The summed E-state index contributed by atoms with van der Waals surface area (Å²) < 4.78 is 11.5. The van der Waals surface area contributed by atoms with Gasteiger partial charge in [-0.3, -0.25) is 0 Å². The summed E-state index contributed by atoms with van der Waals surface area (Å²) in [6, 6.07) is 8.33. The average Bonchev–Trinajstić information content (AvgIpc) is 2.70. The lowest BCUT2D eigenvalue weighted by molar-refractivity contribution is -0.186. The summed E-state index contributed by atoms with van der Waals surface area (Å²) in [5.74, 6) is -0.670. The number of ether oxygens (including phenoxy) is 2. The summed E-state index contributed by atoms with van der Waals surface area (Å²) in [6.07, 6.45) is 6.47. The summed E-state index contributed by atoms with van der Waals surface area (Å²) in [5, 5.41) is 0. The molecule has 0 unspecified atom stereocenters. The Morgan fingerprint density at radius 3 is 2.65 bits per heavy atom. The van der Waals surface area contributed by atoms with Crippen LogP contribution in [0, 0.1) is 0 Å². The number of rotatable bonds is 2. The monoisotopic (exact) mass is 228 g/mol. The summed E-state index contributed by atoms with van der Waals surface area (Å²) >= 11 is 0. The number of methoxy groups -OCH3 is 2. The Hall–Kier alpha value is -1.38. The molecule has 2 aliphatic carbocycles. The van der Waals surface area contributed by atoms with E-state index in [1.54, 1.807) is 14.2 Å². The minimum atomic E-state index is -0.670. The molecular formula is C15H16O2. The van der Waals surface area contributed by atoms with Crippen molar-refractivity contribution in [1.82, 2.24) is 0 Å². The van der Waals surface area contributed by atoms with E-state index in [0.29, 0.717) is 0 Å². The Morgan fingerprint density at radius 1 is 1.12 bits per heavy atom. The van der Waals surface area contributed by atoms with E-state index in [2.05, 4.69) is 30.4 Å². The Morgan fingerprint density at radius 2 is 1.88 bits per heavy atom. The Labute approximate surface area is 102 Å². The van der Waals surface area contributed by atoms with Crippen LogP contribution in [0.2, 0.25) is 0 Å². The molecule has 2 aliphatic rings. The predicted octanol–water partition coefficient (Wildman–Crippen LogP) is 3.25. The van der Waals surface area contributed by atoms with E-state index in [1.807, 2.05) is 6.07 Å². The molecule has 1 aromatic rings. The first-order valence-corrected chi connectivity index (χ1v) is 5.94. The van der Waals surface area contributed by atoms with Crippen molar-refractivity contribution in [3.63, 3.8) is 0 Å². The maximum Gasteiger partial charge on any atom is 0.219 e. The van der Waals surface area contributed by atoms with Crippen molar-refractivity contribution in [2.24, 2.45) is 0 Å². The molecular weight excluding hydrogens is 212 g/mol. The summed E-state index contributed by atoms with van der Waals surface area (Å²) in [4.78, 5) is 0. The normalized spacial score (nSPS) is 20.4. The van der Waals surface area contributed by atoms with Crippen molar-refractivity contribution in [3.8, 4) is 0 Å². The van der Waals surface area contributed by atoms with Gasteiger partial charge >= 0.3 is 0 Å². The fraction of sp³-hybridized carbons (Fsp3) is 0.333. The van der Waals surface area contributed by atoms with E-state index >= 15 is 0 Å². The predicted molar refractivity (Wildman–Crippen MR) is 67.4 cm³/mol. The molecule has 0 spiro atoms. The number of benzene rings is 1. The van der Waals surface area contributed by atoms with Crippen molar-refractivity contribution in [1.29, 1.82) is 0 Å². The highest BCUT2D eigenvalue weighted by molar-refractivity contribution is 5.85. The van der Waals surface area contributed by atoms with Gasteiger partial charge in [0.25, 0.3) is 0 Å². The van der Waals surface area contributed by atoms with Gasteiger partial charge in [0.15, 0.2) is 0 Å². The molecule has 88 valence electrons. The highest BCUT2D eigenvalue weighted by Crippen LogP contribution is 2.50. The molecule has 0 aliphatic heterocycles. The van der Waals surface area contributed by atoms with Gasteiger partial charge in [0.05, 0.1) is 0 Å². The van der Waals surface area contributed by atoms with Gasteiger partial charge in [0, 0.05) is 25.4 Å². The van der Waals surface area contributed by atoms with Gasteiger partial charge in [-0.15, -0.1) is 0 Å². The second-order valence-electron chi connectivity index (χ2n) is 4.40. The molecule has 17 heavy (non-hydrogen) atoms. The van der Waals surface area contributed by atoms with Crippen LogP contribution in [0.3, 0.4) is 0 Å². The van der Waals surface area contributed by atoms with Crippen LogP contribution in [0.25, 0.3) is 5.57 Å². The van der Waals surface area contributed by atoms with Crippen molar-refractivity contribution in [2.45, 2.75) is 18.6 Å². The average molecular weight is 228 g/mol. The topological polar surface area (TPSA) is 18.5 Å². The second-order valence-corrected chi connectivity index (χ2v) is 4.40. The van der Waals surface area contributed by atoms with E-state index in [9.17, 15) is 0 Å². The quantitative estimate of drug-likeness (QED) is 0.723. The highest BCUT2D eigenvalue weighted by Gasteiger charge is 2.45. The van der Waals surface area contributed by atoms with E-state index in [1.165, 1.54) is 16.7 Å². The molecule has 2 nitrogen and oxygen atoms in total. The van der Waals surface area contributed by atoms with Gasteiger partial charge in [-0.25, -0.2) is 0 Å². The number of fused-ring (bicyclic) bond motifs is 2. The third kappa shape index (κ3) is 1.28. The van der Waals surface area contributed by atoms with Gasteiger partial charge in [0.2, 0.25) is 5.79 Å². The molecule has 2 heteroatoms. The molecule has 0 radical (unpaired) electrons. The lowest BCUT2D eigenvalue weighted by Crippen LogP contribution is -2.31. The molecule has 0 N–H and O–H groups in total. The molecule has 0 saturated carbocycles. The fourth-order valence-electron chi connectivity index (χ4n) is 2.98. The largest absolute Gasteiger partial charge is 0.346 e. The lowest BCUT2D eigenvalue weighted by Gasteiger charge is -2.31. The summed E-state index contributed by atoms with van der Waals surface area (Å²) in [5.41, 5.74) is 4.89. The first-order valence-electron chi connectivity index (χ1n) is 5.94. The van der Waals surface area contributed by atoms with Gasteiger partial charge in [-0.05, 0) is 24.0 Å². The van der Waals surface area contributed by atoms with Crippen LogP contribution in [-0.4, -0.2) is 14.2 Å². The first kappa shape index (κ1) is 10.8. The second kappa shape index (κ2) is 3.83. The van der Waals surface area contributed by atoms with Crippen molar-refractivity contribution in [3.05, 3.63) is 53.1 Å². The third-order valence-electron chi connectivity index (χ3n) is 3.71. The maximum atomic E-state index is 5.73. The molecule has 0 heterocycles. The molecule has 1 aromatic carbocycles. The van der Waals surface area contributed by atoms with Crippen LogP contribution in [-0.2, 0) is 15.3 Å². The van der Waals surface area contributed by atoms with E-state index in [-0.39, 0.29) is 0 Å². The van der Waals surface area contributed by atoms with Crippen LogP contribution in [0.5, 0.6) is 0 Å². The third-order valence-corrected chi connectivity index (χ3v) is 3.71. The van der Waals surface area contributed by atoms with Gasteiger partial charge in [-0.2, -0.15) is 0 Å². The summed E-state index contributed by atoms with van der Waals surface area (Å²) in [6.45, 7) is 0. The standard InChI is InChI=1S/C15H16O2/c1-16-15(17-2)13-9-5-3-7-11(13)12-8-4-6-10-14(12)15/h3-5,7-9H,6,10H2,1-2H3. The van der Waals surface area contributed by atoms with Crippen molar-refractivity contribution in [2.75, 3.05) is 14.2 Å². The molecule has 0 aromatic heterocycles. The maximum absolute atomic E-state index is 5.73. The van der Waals surface area contributed by atoms with Gasteiger partial charge in [0.1, 0.15) is 0 Å². The minimum absolute atomic E-state index is 0.670. The van der Waals surface area contributed by atoms with Crippen molar-refractivity contribution >= 4 is 5.57 Å². The van der Waals surface area contributed by atoms with Crippen LogP contribution in [0.1, 0.15) is 24.0 Å². The number of hydrogen-bond acceptors (Lipinski definition) is 2. The Kier molecular flexibility index (Phi) is 2.42. The van der Waals surface area contributed by atoms with Gasteiger partial charge in [-0.1, -0.05) is 36.4 Å². The van der Waals surface area contributed by atoms with E-state index < -0.39 is 5.79 Å². The first-order chi connectivity index (χ1) is 8.33. The zero-order chi connectivity index (χ0) is 11.9. The number of hydrogen-bond donors (Lipinski definition) is 0. The van der Waals surface area contributed by atoms with E-state index in [0.717, 1.165) is 18.4 Å². The zero-order valence-corrected chi connectivity index (χ0v) is 10.2. The molecule has 0 amide bonds. The SMILES string of the molecule is COC1(OC)C2=C(C=CCC2)c2ccccc21. The van der Waals surface area contributed by atoms with Gasteiger partial charge < -0.3 is 9.47 Å². The molecule has 0 fully saturated rings. The fourth-order valence-corrected chi connectivity index (χ4v) is 2.98. The smallest absolute Gasteiger partial charge is 0.219 e. The van der Waals surface area contributed by atoms with E-state index in [4.69, 9.17) is 9.47 Å².